The first-order valence-corrected chi connectivity index (χ1v) is 9.80. The summed E-state index contributed by atoms with van der Waals surface area (Å²) < 4.78 is 62.6. The Morgan fingerprint density at radius 3 is 2.30 bits per heavy atom. The molecular formula is C18H19F3N2O3S. The van der Waals surface area contributed by atoms with Crippen molar-refractivity contribution >= 4 is 27.1 Å². The van der Waals surface area contributed by atoms with E-state index < -0.39 is 27.5 Å². The number of amides is 1. The summed E-state index contributed by atoms with van der Waals surface area (Å²) in [6, 6.07) is 7.75. The Hall–Kier alpha value is -2.55. The van der Waals surface area contributed by atoms with Crippen LogP contribution < -0.4 is 10.6 Å². The van der Waals surface area contributed by atoms with Crippen molar-refractivity contribution in [3.05, 3.63) is 53.1 Å². The number of sulfone groups is 1. The SMILES string of the molecule is Cc1ccc(S(C)(=O)=O)c(C)c1NCC(=O)Nc1ccccc1C(F)(F)F. The second-order valence-corrected chi connectivity index (χ2v) is 8.08. The molecule has 0 bridgehead atoms. The summed E-state index contributed by atoms with van der Waals surface area (Å²) >= 11 is 0. The monoisotopic (exact) mass is 400 g/mol. The molecule has 0 spiro atoms. The number of benzene rings is 2. The molecule has 2 aromatic carbocycles. The summed E-state index contributed by atoms with van der Waals surface area (Å²) in [6.45, 7) is 3.02. The zero-order chi connectivity index (χ0) is 20.4. The fourth-order valence-corrected chi connectivity index (χ4v) is 3.68. The molecule has 0 aliphatic heterocycles. The third kappa shape index (κ3) is 5.00. The fourth-order valence-electron chi connectivity index (χ4n) is 2.70. The van der Waals surface area contributed by atoms with E-state index in [0.717, 1.165) is 12.3 Å². The largest absolute Gasteiger partial charge is 0.418 e. The summed E-state index contributed by atoms with van der Waals surface area (Å²) in [7, 11) is -3.45. The molecule has 0 saturated carbocycles. The van der Waals surface area contributed by atoms with Crippen molar-refractivity contribution in [2.75, 3.05) is 23.4 Å². The van der Waals surface area contributed by atoms with Crippen molar-refractivity contribution in [1.82, 2.24) is 0 Å². The van der Waals surface area contributed by atoms with Crippen LogP contribution in [0.3, 0.4) is 0 Å². The van der Waals surface area contributed by atoms with E-state index in [4.69, 9.17) is 0 Å². The minimum Gasteiger partial charge on any atom is -0.376 e. The molecule has 0 atom stereocenters. The highest BCUT2D eigenvalue weighted by atomic mass is 32.2. The fraction of sp³-hybridized carbons (Fsp3) is 0.278. The van der Waals surface area contributed by atoms with Gasteiger partial charge in [0.1, 0.15) is 0 Å². The summed E-state index contributed by atoms with van der Waals surface area (Å²) in [5.74, 6) is -0.685. The van der Waals surface area contributed by atoms with Gasteiger partial charge in [0.2, 0.25) is 5.91 Å². The quantitative estimate of drug-likeness (QED) is 0.801. The van der Waals surface area contributed by atoms with Gasteiger partial charge >= 0.3 is 6.18 Å². The lowest BCUT2D eigenvalue weighted by Gasteiger charge is -2.16. The van der Waals surface area contributed by atoms with Crippen LogP contribution in [-0.2, 0) is 20.8 Å². The van der Waals surface area contributed by atoms with Gasteiger partial charge in [0, 0.05) is 11.9 Å². The molecule has 0 saturated heterocycles. The minimum atomic E-state index is -4.59. The molecule has 0 fully saturated rings. The lowest BCUT2D eigenvalue weighted by Crippen LogP contribution is -2.24. The van der Waals surface area contributed by atoms with Crippen LogP contribution in [0, 0.1) is 13.8 Å². The molecule has 1 amide bonds. The summed E-state index contributed by atoms with van der Waals surface area (Å²) in [4.78, 5) is 12.2. The van der Waals surface area contributed by atoms with Crippen molar-refractivity contribution in [3.63, 3.8) is 0 Å². The minimum absolute atomic E-state index is 0.124. The normalized spacial score (nSPS) is 11.9. The molecule has 0 radical (unpaired) electrons. The first kappa shape index (κ1) is 20.8. The average molecular weight is 400 g/mol. The van der Waals surface area contributed by atoms with Crippen LogP contribution in [0.2, 0.25) is 0 Å². The second-order valence-electron chi connectivity index (χ2n) is 6.10. The van der Waals surface area contributed by atoms with Gasteiger partial charge < -0.3 is 10.6 Å². The van der Waals surface area contributed by atoms with Crippen LogP contribution in [0.1, 0.15) is 16.7 Å². The zero-order valence-electron chi connectivity index (χ0n) is 14.9. The molecule has 2 rings (SSSR count). The Balaban J connectivity index is 2.19. The van der Waals surface area contributed by atoms with E-state index in [1.165, 1.54) is 24.3 Å². The highest BCUT2D eigenvalue weighted by molar-refractivity contribution is 7.90. The number of hydrogen-bond donors (Lipinski definition) is 2. The summed E-state index contributed by atoms with van der Waals surface area (Å²) in [5, 5.41) is 5.05. The molecule has 0 aliphatic rings. The van der Waals surface area contributed by atoms with Gasteiger partial charge in [0.15, 0.2) is 9.84 Å². The molecule has 27 heavy (non-hydrogen) atoms. The number of carbonyl (C=O) groups excluding carboxylic acids is 1. The number of halogens is 3. The number of hydrogen-bond acceptors (Lipinski definition) is 4. The predicted octanol–water partition coefficient (Wildman–Crippen LogP) is 3.78. The van der Waals surface area contributed by atoms with E-state index in [-0.39, 0.29) is 17.1 Å². The van der Waals surface area contributed by atoms with Crippen LogP contribution in [0.15, 0.2) is 41.3 Å². The number of rotatable bonds is 5. The van der Waals surface area contributed by atoms with E-state index in [9.17, 15) is 26.4 Å². The van der Waals surface area contributed by atoms with E-state index in [0.29, 0.717) is 16.8 Å². The average Bonchev–Trinajstić information content (AvgIpc) is 2.52. The van der Waals surface area contributed by atoms with Gasteiger partial charge in [-0.3, -0.25) is 4.79 Å². The molecule has 5 nitrogen and oxygen atoms in total. The summed E-state index contributed by atoms with van der Waals surface area (Å²) in [5.41, 5.74) is 0.335. The third-order valence-corrected chi connectivity index (χ3v) is 5.20. The molecule has 0 heterocycles. The maximum atomic E-state index is 13.0. The smallest absolute Gasteiger partial charge is 0.376 e. The van der Waals surface area contributed by atoms with Gasteiger partial charge in [-0.05, 0) is 43.2 Å². The Bertz CT molecular complexity index is 970. The third-order valence-electron chi connectivity index (χ3n) is 3.96. The zero-order valence-corrected chi connectivity index (χ0v) is 15.8. The lowest BCUT2D eigenvalue weighted by molar-refractivity contribution is -0.137. The van der Waals surface area contributed by atoms with Gasteiger partial charge in [-0.1, -0.05) is 18.2 Å². The number of alkyl halides is 3. The maximum Gasteiger partial charge on any atom is 0.418 e. The van der Waals surface area contributed by atoms with Crippen LogP contribution in [0.4, 0.5) is 24.5 Å². The number of nitrogens with one attached hydrogen (secondary N) is 2. The van der Waals surface area contributed by atoms with Gasteiger partial charge in [0.25, 0.3) is 0 Å². The van der Waals surface area contributed by atoms with Gasteiger partial charge in [-0.25, -0.2) is 8.42 Å². The van der Waals surface area contributed by atoms with Gasteiger partial charge in [-0.2, -0.15) is 13.2 Å². The molecule has 0 aromatic heterocycles. The standard InChI is InChI=1S/C18H19F3N2O3S/c1-11-8-9-15(27(3,25)26)12(2)17(11)22-10-16(24)23-14-7-5-4-6-13(14)18(19,20)21/h4-9,22H,10H2,1-3H3,(H,23,24). The highest BCUT2D eigenvalue weighted by Gasteiger charge is 2.33. The second kappa shape index (κ2) is 7.59. The van der Waals surface area contributed by atoms with Crippen LogP contribution >= 0.6 is 0 Å². The van der Waals surface area contributed by atoms with Crippen molar-refractivity contribution in [2.24, 2.45) is 0 Å². The Morgan fingerprint density at radius 2 is 1.70 bits per heavy atom. The van der Waals surface area contributed by atoms with Crippen molar-refractivity contribution < 1.29 is 26.4 Å². The molecule has 146 valence electrons. The van der Waals surface area contributed by atoms with E-state index in [2.05, 4.69) is 10.6 Å². The lowest BCUT2D eigenvalue weighted by atomic mass is 10.1. The molecular weight excluding hydrogens is 381 g/mol. The molecule has 9 heteroatoms. The van der Waals surface area contributed by atoms with Crippen LogP contribution in [0.25, 0.3) is 0 Å². The predicted molar refractivity (Wildman–Crippen MR) is 97.6 cm³/mol. The summed E-state index contributed by atoms with van der Waals surface area (Å²) in [6.07, 6.45) is -3.51. The van der Waals surface area contributed by atoms with Crippen LogP contribution in [0.5, 0.6) is 0 Å². The molecule has 0 unspecified atom stereocenters. The highest BCUT2D eigenvalue weighted by Crippen LogP contribution is 2.34. The Labute approximate surface area is 155 Å². The number of aryl methyl sites for hydroxylation is 1. The molecule has 2 aromatic rings. The van der Waals surface area contributed by atoms with E-state index in [1.54, 1.807) is 19.9 Å². The first-order valence-electron chi connectivity index (χ1n) is 7.91. The van der Waals surface area contributed by atoms with E-state index >= 15 is 0 Å². The Morgan fingerprint density at radius 1 is 1.07 bits per heavy atom. The number of anilines is 2. The number of para-hydroxylation sites is 1. The van der Waals surface area contributed by atoms with Gasteiger partial charge in [-0.15, -0.1) is 0 Å². The molecule has 2 N–H and O–H groups in total. The van der Waals surface area contributed by atoms with Crippen molar-refractivity contribution in [2.45, 2.75) is 24.9 Å². The maximum absolute atomic E-state index is 13.0. The van der Waals surface area contributed by atoms with E-state index in [1.807, 2.05) is 0 Å². The van der Waals surface area contributed by atoms with Crippen molar-refractivity contribution in [3.8, 4) is 0 Å². The topological polar surface area (TPSA) is 75.3 Å². The number of carbonyl (C=O) groups is 1. The van der Waals surface area contributed by atoms with Crippen molar-refractivity contribution in [1.29, 1.82) is 0 Å². The molecule has 0 aliphatic carbocycles. The first-order chi connectivity index (χ1) is 12.4. The Kier molecular flexibility index (Phi) is 5.84. The van der Waals surface area contributed by atoms with Crippen LogP contribution in [-0.4, -0.2) is 27.1 Å². The van der Waals surface area contributed by atoms with Gasteiger partial charge in [0.05, 0.1) is 22.7 Å².